The molecule has 5 nitrogen and oxygen atoms in total. The number of carbonyl (C=O) groups excluding carboxylic acids is 1. The van der Waals surface area contributed by atoms with Crippen LogP contribution in [0.1, 0.15) is 26.7 Å². The van der Waals surface area contributed by atoms with E-state index >= 15 is 0 Å². The highest BCUT2D eigenvalue weighted by Gasteiger charge is 2.25. The molecular formula is C15H30N4O. The van der Waals surface area contributed by atoms with E-state index in [-0.39, 0.29) is 5.91 Å². The third-order valence-corrected chi connectivity index (χ3v) is 4.31. The molecule has 116 valence electrons. The van der Waals surface area contributed by atoms with Gasteiger partial charge in [-0.2, -0.15) is 0 Å². The molecule has 0 aromatic heterocycles. The normalized spacial score (nSPS) is 26.6. The lowest BCUT2D eigenvalue weighted by Crippen LogP contribution is -2.46. The molecule has 2 fully saturated rings. The minimum absolute atomic E-state index is 0.186. The Bertz CT molecular complexity index is 304. The second kappa shape index (κ2) is 7.96. The number of hydrogen-bond donors (Lipinski definition) is 2. The molecule has 0 saturated carbocycles. The predicted molar refractivity (Wildman–Crippen MR) is 81.8 cm³/mol. The van der Waals surface area contributed by atoms with Gasteiger partial charge in [-0.3, -0.25) is 4.79 Å². The number of hydrogen-bond acceptors (Lipinski definition) is 4. The summed E-state index contributed by atoms with van der Waals surface area (Å²) in [4.78, 5) is 16.5. The molecule has 0 spiro atoms. The summed E-state index contributed by atoms with van der Waals surface area (Å²) in [6.45, 7) is 13.4. The first-order valence-electron chi connectivity index (χ1n) is 8.12. The van der Waals surface area contributed by atoms with E-state index in [1.54, 1.807) is 0 Å². The van der Waals surface area contributed by atoms with Crippen molar-refractivity contribution in [2.24, 2.45) is 5.92 Å². The van der Waals surface area contributed by atoms with Crippen molar-refractivity contribution < 1.29 is 4.79 Å². The summed E-state index contributed by atoms with van der Waals surface area (Å²) in [6, 6.07) is 0.369. The zero-order valence-corrected chi connectivity index (χ0v) is 13.0. The van der Waals surface area contributed by atoms with E-state index in [0.29, 0.717) is 18.4 Å². The molecule has 0 aromatic rings. The molecule has 2 N–H and O–H groups in total. The first-order valence-corrected chi connectivity index (χ1v) is 8.12. The SMILES string of the molecule is CCC(=O)NC1CCN(CC(C)CN2CCNCC2)C1. The summed E-state index contributed by atoms with van der Waals surface area (Å²) < 4.78 is 0. The maximum atomic E-state index is 11.4. The Morgan fingerprint density at radius 2 is 1.95 bits per heavy atom. The van der Waals surface area contributed by atoms with E-state index in [2.05, 4.69) is 27.4 Å². The first-order chi connectivity index (χ1) is 9.67. The molecule has 2 rings (SSSR count). The summed E-state index contributed by atoms with van der Waals surface area (Å²) >= 11 is 0. The second-order valence-electron chi connectivity index (χ2n) is 6.32. The third kappa shape index (κ3) is 5.04. The van der Waals surface area contributed by atoms with Crippen LogP contribution >= 0.6 is 0 Å². The van der Waals surface area contributed by atoms with E-state index in [0.717, 1.165) is 39.1 Å². The van der Waals surface area contributed by atoms with Gasteiger partial charge in [0.2, 0.25) is 5.91 Å². The quantitative estimate of drug-likeness (QED) is 0.727. The Kier molecular flexibility index (Phi) is 6.26. The van der Waals surface area contributed by atoms with Crippen LogP contribution in [-0.4, -0.2) is 74.1 Å². The Morgan fingerprint density at radius 3 is 2.65 bits per heavy atom. The number of piperazine rings is 1. The summed E-state index contributed by atoms with van der Waals surface area (Å²) in [5.74, 6) is 0.888. The minimum atomic E-state index is 0.186. The van der Waals surface area contributed by atoms with Gasteiger partial charge in [0.05, 0.1) is 0 Å². The van der Waals surface area contributed by atoms with E-state index in [9.17, 15) is 4.79 Å². The van der Waals surface area contributed by atoms with Gasteiger partial charge in [-0.15, -0.1) is 0 Å². The minimum Gasteiger partial charge on any atom is -0.352 e. The van der Waals surface area contributed by atoms with Crippen molar-refractivity contribution in [3.05, 3.63) is 0 Å². The van der Waals surface area contributed by atoms with E-state index in [1.807, 2.05) is 6.92 Å². The van der Waals surface area contributed by atoms with Gasteiger partial charge in [0, 0.05) is 64.8 Å². The van der Waals surface area contributed by atoms with Crippen molar-refractivity contribution in [2.45, 2.75) is 32.7 Å². The van der Waals surface area contributed by atoms with Crippen LogP contribution in [0.2, 0.25) is 0 Å². The topological polar surface area (TPSA) is 47.6 Å². The third-order valence-electron chi connectivity index (χ3n) is 4.31. The van der Waals surface area contributed by atoms with E-state index in [1.165, 1.54) is 19.6 Å². The Morgan fingerprint density at radius 1 is 1.25 bits per heavy atom. The fourth-order valence-electron chi connectivity index (χ4n) is 3.28. The molecule has 2 atom stereocenters. The van der Waals surface area contributed by atoms with Gasteiger partial charge in [0.25, 0.3) is 0 Å². The molecular weight excluding hydrogens is 252 g/mol. The fourth-order valence-corrected chi connectivity index (χ4v) is 3.28. The molecule has 2 aliphatic rings. The predicted octanol–water partition coefficient (Wildman–Crippen LogP) is 0.128. The maximum absolute atomic E-state index is 11.4. The molecule has 2 unspecified atom stereocenters. The van der Waals surface area contributed by atoms with Crippen LogP contribution < -0.4 is 10.6 Å². The van der Waals surface area contributed by atoms with E-state index in [4.69, 9.17) is 0 Å². The molecule has 5 heteroatoms. The van der Waals surface area contributed by atoms with Crippen LogP contribution in [0.15, 0.2) is 0 Å². The fraction of sp³-hybridized carbons (Fsp3) is 0.933. The number of rotatable bonds is 6. The highest BCUT2D eigenvalue weighted by Crippen LogP contribution is 2.12. The Hall–Kier alpha value is -0.650. The zero-order chi connectivity index (χ0) is 14.4. The standard InChI is InChI=1S/C15H30N4O/c1-3-15(20)17-14-4-7-19(12-14)11-13(2)10-18-8-5-16-6-9-18/h13-14,16H,3-12H2,1-2H3,(H,17,20). The molecule has 0 bridgehead atoms. The summed E-state index contributed by atoms with van der Waals surface area (Å²) in [5.41, 5.74) is 0. The van der Waals surface area contributed by atoms with Crippen LogP contribution in [-0.2, 0) is 4.79 Å². The molecule has 2 saturated heterocycles. The Balaban J connectivity index is 1.64. The van der Waals surface area contributed by atoms with Gasteiger partial charge in [-0.1, -0.05) is 13.8 Å². The van der Waals surface area contributed by atoms with Crippen LogP contribution in [0.25, 0.3) is 0 Å². The first kappa shape index (κ1) is 15.7. The molecule has 1 amide bonds. The van der Waals surface area contributed by atoms with Crippen LogP contribution in [0, 0.1) is 5.92 Å². The number of likely N-dealkylation sites (tertiary alicyclic amines) is 1. The van der Waals surface area contributed by atoms with Crippen molar-refractivity contribution in [3.8, 4) is 0 Å². The monoisotopic (exact) mass is 282 g/mol. The average molecular weight is 282 g/mol. The lowest BCUT2D eigenvalue weighted by atomic mass is 10.1. The van der Waals surface area contributed by atoms with Gasteiger partial charge in [-0.25, -0.2) is 0 Å². The van der Waals surface area contributed by atoms with Crippen molar-refractivity contribution in [3.63, 3.8) is 0 Å². The highest BCUT2D eigenvalue weighted by molar-refractivity contribution is 5.75. The van der Waals surface area contributed by atoms with Crippen molar-refractivity contribution in [1.29, 1.82) is 0 Å². The summed E-state index contributed by atoms with van der Waals surface area (Å²) in [5, 5.41) is 6.51. The van der Waals surface area contributed by atoms with Crippen LogP contribution in [0.3, 0.4) is 0 Å². The van der Waals surface area contributed by atoms with Crippen molar-refractivity contribution in [2.75, 3.05) is 52.4 Å². The lowest BCUT2D eigenvalue weighted by molar-refractivity contribution is -0.121. The van der Waals surface area contributed by atoms with Gasteiger partial charge in [0.15, 0.2) is 0 Å². The van der Waals surface area contributed by atoms with E-state index < -0.39 is 0 Å². The molecule has 2 heterocycles. The van der Waals surface area contributed by atoms with Gasteiger partial charge in [-0.05, 0) is 12.3 Å². The van der Waals surface area contributed by atoms with Gasteiger partial charge in [0.1, 0.15) is 0 Å². The largest absolute Gasteiger partial charge is 0.352 e. The van der Waals surface area contributed by atoms with Gasteiger partial charge >= 0.3 is 0 Å². The Labute approximate surface area is 123 Å². The lowest BCUT2D eigenvalue weighted by Gasteiger charge is -2.31. The maximum Gasteiger partial charge on any atom is 0.219 e. The van der Waals surface area contributed by atoms with Crippen LogP contribution in [0.5, 0.6) is 0 Å². The number of nitrogens with zero attached hydrogens (tertiary/aromatic N) is 2. The molecule has 0 aliphatic carbocycles. The summed E-state index contributed by atoms with van der Waals surface area (Å²) in [6.07, 6.45) is 1.70. The smallest absolute Gasteiger partial charge is 0.219 e. The van der Waals surface area contributed by atoms with Crippen molar-refractivity contribution in [1.82, 2.24) is 20.4 Å². The number of carbonyl (C=O) groups is 1. The van der Waals surface area contributed by atoms with Crippen LogP contribution in [0.4, 0.5) is 0 Å². The van der Waals surface area contributed by atoms with Crippen molar-refractivity contribution >= 4 is 5.91 Å². The summed E-state index contributed by atoms with van der Waals surface area (Å²) in [7, 11) is 0. The molecule has 0 aromatic carbocycles. The molecule has 20 heavy (non-hydrogen) atoms. The molecule has 2 aliphatic heterocycles. The molecule has 0 radical (unpaired) electrons. The second-order valence-corrected chi connectivity index (χ2v) is 6.32. The van der Waals surface area contributed by atoms with Gasteiger partial charge < -0.3 is 20.4 Å². The average Bonchev–Trinajstić information content (AvgIpc) is 2.86. The zero-order valence-electron chi connectivity index (χ0n) is 13.0. The highest BCUT2D eigenvalue weighted by atomic mass is 16.1. The number of nitrogens with one attached hydrogen (secondary N) is 2. The number of amides is 1.